The molecule has 1 unspecified atom stereocenters. The Bertz CT molecular complexity index is 579. The summed E-state index contributed by atoms with van der Waals surface area (Å²) in [5, 5.41) is 0.515. The van der Waals surface area contributed by atoms with Crippen molar-refractivity contribution >= 4 is 26.8 Å². The summed E-state index contributed by atoms with van der Waals surface area (Å²) in [6, 6.07) is 0. The van der Waals surface area contributed by atoms with Crippen LogP contribution >= 0.6 is 15.9 Å². The van der Waals surface area contributed by atoms with Gasteiger partial charge in [0.05, 0.1) is 15.4 Å². The molecule has 0 aliphatic carbocycles. The molecule has 0 saturated heterocycles. The lowest BCUT2D eigenvalue weighted by Crippen LogP contribution is -2.14. The van der Waals surface area contributed by atoms with Gasteiger partial charge in [0.1, 0.15) is 5.82 Å². The first-order chi connectivity index (χ1) is 7.63. The van der Waals surface area contributed by atoms with Crippen molar-refractivity contribution in [3.63, 3.8) is 0 Å². The lowest BCUT2D eigenvalue weighted by atomic mass is 10.1. The van der Waals surface area contributed by atoms with Gasteiger partial charge in [0.15, 0.2) is 0 Å². The standard InChI is InChI=1S/C11H12BrN3O/c1-3-6(2)10-14-9-7(11(16)15-10)4-13-5-8(9)12/h4-6H,3H2,1-2H3,(H,14,15,16). The second-order valence-corrected chi connectivity index (χ2v) is 4.63. The monoisotopic (exact) mass is 281 g/mol. The van der Waals surface area contributed by atoms with E-state index in [0.717, 1.165) is 16.7 Å². The molecule has 16 heavy (non-hydrogen) atoms. The predicted molar refractivity (Wildman–Crippen MR) is 66.6 cm³/mol. The Hall–Kier alpha value is -1.23. The van der Waals surface area contributed by atoms with Crippen molar-refractivity contribution in [1.82, 2.24) is 15.0 Å². The summed E-state index contributed by atoms with van der Waals surface area (Å²) < 4.78 is 0.751. The number of aromatic nitrogens is 3. The highest BCUT2D eigenvalue weighted by Crippen LogP contribution is 2.20. The summed E-state index contributed by atoms with van der Waals surface area (Å²) >= 11 is 3.36. The van der Waals surface area contributed by atoms with E-state index in [1.807, 2.05) is 6.92 Å². The molecule has 0 fully saturated rings. The van der Waals surface area contributed by atoms with Gasteiger partial charge in [-0.15, -0.1) is 0 Å². The maximum Gasteiger partial charge on any atom is 0.260 e. The number of nitrogens with one attached hydrogen (secondary N) is 1. The number of halogens is 1. The van der Waals surface area contributed by atoms with E-state index in [4.69, 9.17) is 0 Å². The first kappa shape index (κ1) is 11.3. The summed E-state index contributed by atoms with van der Waals surface area (Å²) in [4.78, 5) is 23.0. The summed E-state index contributed by atoms with van der Waals surface area (Å²) in [7, 11) is 0. The van der Waals surface area contributed by atoms with Gasteiger partial charge in [0, 0.05) is 18.3 Å². The van der Waals surface area contributed by atoms with Gasteiger partial charge in [-0.25, -0.2) is 4.98 Å². The Morgan fingerprint density at radius 1 is 1.50 bits per heavy atom. The van der Waals surface area contributed by atoms with Crippen molar-refractivity contribution in [3.05, 3.63) is 33.0 Å². The number of hydrogen-bond acceptors (Lipinski definition) is 3. The van der Waals surface area contributed by atoms with Crippen LogP contribution in [-0.2, 0) is 0 Å². The molecule has 0 bridgehead atoms. The number of aromatic amines is 1. The Labute approximate surface area is 101 Å². The van der Waals surface area contributed by atoms with Crippen molar-refractivity contribution in [1.29, 1.82) is 0 Å². The summed E-state index contributed by atoms with van der Waals surface area (Å²) in [5.74, 6) is 0.976. The fourth-order valence-electron chi connectivity index (χ4n) is 1.47. The highest BCUT2D eigenvalue weighted by atomic mass is 79.9. The van der Waals surface area contributed by atoms with Crippen LogP contribution in [0.15, 0.2) is 21.7 Å². The Kier molecular flexibility index (Phi) is 3.05. The molecule has 0 aliphatic heterocycles. The van der Waals surface area contributed by atoms with Gasteiger partial charge in [-0.1, -0.05) is 13.8 Å². The molecule has 0 aromatic carbocycles. The van der Waals surface area contributed by atoms with Crippen LogP contribution in [0.4, 0.5) is 0 Å². The Balaban J connectivity index is 2.75. The lowest BCUT2D eigenvalue weighted by Gasteiger charge is -2.08. The number of pyridine rings is 1. The molecule has 2 heterocycles. The molecule has 4 nitrogen and oxygen atoms in total. The number of nitrogens with zero attached hydrogens (tertiary/aromatic N) is 2. The maximum atomic E-state index is 11.8. The van der Waals surface area contributed by atoms with Crippen LogP contribution in [0.3, 0.4) is 0 Å². The van der Waals surface area contributed by atoms with Gasteiger partial charge in [0.2, 0.25) is 0 Å². The maximum absolute atomic E-state index is 11.8. The molecule has 0 spiro atoms. The van der Waals surface area contributed by atoms with E-state index in [2.05, 4.69) is 37.8 Å². The minimum Gasteiger partial charge on any atom is -0.310 e. The van der Waals surface area contributed by atoms with E-state index in [1.165, 1.54) is 6.20 Å². The highest BCUT2D eigenvalue weighted by Gasteiger charge is 2.10. The van der Waals surface area contributed by atoms with Crippen LogP contribution in [0.25, 0.3) is 10.9 Å². The van der Waals surface area contributed by atoms with Crippen LogP contribution in [0.1, 0.15) is 32.0 Å². The lowest BCUT2D eigenvalue weighted by molar-refractivity contribution is 0.679. The van der Waals surface area contributed by atoms with Crippen LogP contribution < -0.4 is 5.56 Å². The van der Waals surface area contributed by atoms with E-state index in [0.29, 0.717) is 10.9 Å². The molecular weight excluding hydrogens is 270 g/mol. The first-order valence-electron chi connectivity index (χ1n) is 5.17. The predicted octanol–water partition coefficient (Wildman–Crippen LogP) is 2.59. The minimum absolute atomic E-state index is 0.130. The highest BCUT2D eigenvalue weighted by molar-refractivity contribution is 9.10. The van der Waals surface area contributed by atoms with Gasteiger partial charge in [0.25, 0.3) is 5.56 Å². The molecule has 1 N–H and O–H groups in total. The zero-order valence-corrected chi connectivity index (χ0v) is 10.7. The van der Waals surface area contributed by atoms with E-state index >= 15 is 0 Å². The topological polar surface area (TPSA) is 58.6 Å². The number of hydrogen-bond donors (Lipinski definition) is 1. The van der Waals surface area contributed by atoms with Crippen molar-refractivity contribution in [2.24, 2.45) is 0 Å². The van der Waals surface area contributed by atoms with Gasteiger partial charge in [-0.05, 0) is 22.4 Å². The zero-order chi connectivity index (χ0) is 11.7. The SMILES string of the molecule is CCC(C)c1nc2c(Br)cncc2c(=O)[nH]1. The van der Waals surface area contributed by atoms with Crippen LogP contribution in [0, 0.1) is 0 Å². The summed E-state index contributed by atoms with van der Waals surface area (Å²) in [6.45, 7) is 4.11. The average molecular weight is 282 g/mol. The van der Waals surface area contributed by atoms with Gasteiger partial charge >= 0.3 is 0 Å². The first-order valence-corrected chi connectivity index (χ1v) is 5.96. The minimum atomic E-state index is -0.130. The van der Waals surface area contributed by atoms with E-state index in [9.17, 15) is 4.79 Å². The van der Waals surface area contributed by atoms with Crippen LogP contribution in [0.5, 0.6) is 0 Å². The number of rotatable bonds is 2. The zero-order valence-electron chi connectivity index (χ0n) is 9.12. The largest absolute Gasteiger partial charge is 0.310 e. The second kappa shape index (κ2) is 4.33. The summed E-state index contributed by atoms with van der Waals surface area (Å²) in [6.07, 6.45) is 4.12. The van der Waals surface area contributed by atoms with Gasteiger partial charge < -0.3 is 4.98 Å². The molecule has 0 aliphatic rings. The quantitative estimate of drug-likeness (QED) is 0.921. The van der Waals surface area contributed by atoms with Gasteiger partial charge in [-0.3, -0.25) is 9.78 Å². The van der Waals surface area contributed by atoms with E-state index < -0.39 is 0 Å². The molecule has 2 rings (SSSR count). The smallest absolute Gasteiger partial charge is 0.260 e. The molecule has 2 aromatic rings. The average Bonchev–Trinajstić information content (AvgIpc) is 2.29. The third-order valence-electron chi connectivity index (χ3n) is 2.67. The molecule has 2 aromatic heterocycles. The van der Waals surface area contributed by atoms with Crippen LogP contribution in [-0.4, -0.2) is 15.0 Å². The number of fused-ring (bicyclic) bond motifs is 1. The van der Waals surface area contributed by atoms with Gasteiger partial charge in [-0.2, -0.15) is 0 Å². The van der Waals surface area contributed by atoms with E-state index in [1.54, 1.807) is 6.20 Å². The van der Waals surface area contributed by atoms with E-state index in [-0.39, 0.29) is 11.5 Å². The fraction of sp³-hybridized carbons (Fsp3) is 0.364. The summed E-state index contributed by atoms with van der Waals surface area (Å²) in [5.41, 5.74) is 0.545. The Morgan fingerprint density at radius 2 is 2.25 bits per heavy atom. The van der Waals surface area contributed by atoms with Crippen molar-refractivity contribution in [3.8, 4) is 0 Å². The molecule has 0 radical (unpaired) electrons. The fourth-order valence-corrected chi connectivity index (χ4v) is 1.89. The molecule has 84 valence electrons. The molecule has 0 amide bonds. The second-order valence-electron chi connectivity index (χ2n) is 3.78. The third kappa shape index (κ3) is 1.87. The molecule has 0 saturated carbocycles. The number of H-pyrrole nitrogens is 1. The van der Waals surface area contributed by atoms with Crippen molar-refractivity contribution < 1.29 is 0 Å². The van der Waals surface area contributed by atoms with Crippen LogP contribution in [0.2, 0.25) is 0 Å². The van der Waals surface area contributed by atoms with Crippen molar-refractivity contribution in [2.75, 3.05) is 0 Å². The molecule has 5 heteroatoms. The Morgan fingerprint density at radius 3 is 2.94 bits per heavy atom. The third-order valence-corrected chi connectivity index (χ3v) is 3.25. The normalized spacial score (nSPS) is 12.9. The molecular formula is C11H12BrN3O. The van der Waals surface area contributed by atoms with Crippen molar-refractivity contribution in [2.45, 2.75) is 26.2 Å². The molecule has 1 atom stereocenters.